The summed E-state index contributed by atoms with van der Waals surface area (Å²) in [6.45, 7) is 8.29. The molecule has 3 aromatic heterocycles. The maximum Gasteiger partial charge on any atom is 0.260 e. The van der Waals surface area contributed by atoms with Crippen LogP contribution in [0.25, 0.3) is 22.2 Å². The lowest BCUT2D eigenvalue weighted by molar-refractivity contribution is 0.0808. The zero-order valence-electron chi connectivity index (χ0n) is 27.0. The van der Waals surface area contributed by atoms with Crippen LogP contribution in [0.15, 0.2) is 66.2 Å². The lowest BCUT2D eigenvalue weighted by Gasteiger charge is -2.30. The molecule has 0 saturated carbocycles. The molecule has 2 fully saturated rings. The number of anilines is 2. The third-order valence-electron chi connectivity index (χ3n) is 9.71. The highest BCUT2D eigenvalue weighted by molar-refractivity contribution is 5.81. The van der Waals surface area contributed by atoms with Crippen molar-refractivity contribution in [1.82, 2.24) is 24.0 Å². The van der Waals surface area contributed by atoms with Crippen LogP contribution in [0.3, 0.4) is 0 Å². The van der Waals surface area contributed by atoms with Crippen LogP contribution in [0.1, 0.15) is 61.8 Å². The first-order valence-corrected chi connectivity index (χ1v) is 16.7. The fourth-order valence-electron chi connectivity index (χ4n) is 7.21. The number of piperidine rings is 1. The van der Waals surface area contributed by atoms with E-state index in [1.54, 1.807) is 0 Å². The lowest BCUT2D eigenvalue weighted by atomic mass is 9.88. The average Bonchev–Trinajstić information content (AvgIpc) is 3.73. The number of nitrogens with zero attached hydrogens (tertiary/aromatic N) is 5. The van der Waals surface area contributed by atoms with Gasteiger partial charge in [0.05, 0.1) is 6.54 Å². The third-order valence-corrected chi connectivity index (χ3v) is 9.71. The summed E-state index contributed by atoms with van der Waals surface area (Å²) in [6.07, 6.45) is 13.7. The van der Waals surface area contributed by atoms with Gasteiger partial charge in [0.1, 0.15) is 17.5 Å². The molecule has 1 aromatic carbocycles. The molecule has 46 heavy (non-hydrogen) atoms. The Kier molecular flexibility index (Phi) is 8.78. The molecule has 1 N–H and O–H groups in total. The number of allylic oxidation sites excluding steroid dienone is 3. The molecule has 9 heteroatoms. The molecule has 1 atom stereocenters. The topological polar surface area (TPSA) is 86.4 Å². The number of pyridine rings is 1. The van der Waals surface area contributed by atoms with Gasteiger partial charge in [-0.1, -0.05) is 12.7 Å². The first-order valence-electron chi connectivity index (χ1n) is 16.7. The predicted octanol–water partition coefficient (Wildman–Crippen LogP) is 6.40. The molecule has 0 spiro atoms. The van der Waals surface area contributed by atoms with Crippen LogP contribution in [-0.4, -0.2) is 63.5 Å². The Morgan fingerprint density at radius 1 is 1.11 bits per heavy atom. The first kappa shape index (κ1) is 30.4. The number of aromatic nitrogens is 4. The van der Waals surface area contributed by atoms with Crippen molar-refractivity contribution < 1.29 is 9.47 Å². The summed E-state index contributed by atoms with van der Waals surface area (Å²) < 4.78 is 15.8. The minimum Gasteiger partial charge on any atom is -0.489 e. The van der Waals surface area contributed by atoms with E-state index in [-0.39, 0.29) is 17.6 Å². The molecule has 1 unspecified atom stereocenters. The first-order chi connectivity index (χ1) is 22.4. The molecule has 2 saturated heterocycles. The summed E-state index contributed by atoms with van der Waals surface area (Å²) >= 11 is 0. The number of fused-ring (bicyclic) bond motifs is 1. The van der Waals surface area contributed by atoms with Crippen molar-refractivity contribution >= 4 is 33.8 Å². The van der Waals surface area contributed by atoms with Gasteiger partial charge >= 0.3 is 0 Å². The number of nitrogens with one attached hydrogen (secondary N) is 1. The molecule has 7 rings (SSSR count). The van der Waals surface area contributed by atoms with Gasteiger partial charge in [0.2, 0.25) is 5.95 Å². The molecule has 3 aliphatic rings. The molecule has 5 heterocycles. The Balaban J connectivity index is 1.21. The molecule has 9 nitrogen and oxygen atoms in total. The highest BCUT2D eigenvalue weighted by Crippen LogP contribution is 2.33. The molecular formula is C37H44N6O3. The number of rotatable bonds is 9. The lowest BCUT2D eigenvalue weighted by Crippen LogP contribution is -2.38. The standard InChI is InChI=1S/C37H44N6O3/c1-25(26-15-19-45-20-16-26)33-21-29-22-38-37(39-30-10-12-31(13-11-30)46-32-9-6-17-41(2)24-32)40-35(29)43(36(33)44)23-28-14-18-42(3)34(28)27-7-4-5-8-27/h7,10-14,18,21-22,26,32H,1,4-6,8-9,15-17,19-20,23-24H2,2-3H3,(H,38,39,40). The van der Waals surface area contributed by atoms with E-state index in [9.17, 15) is 4.79 Å². The summed E-state index contributed by atoms with van der Waals surface area (Å²) in [6, 6.07) is 12.0. The zero-order chi connectivity index (χ0) is 31.6. The Labute approximate surface area is 270 Å². The second-order valence-corrected chi connectivity index (χ2v) is 13.0. The fourth-order valence-corrected chi connectivity index (χ4v) is 7.21. The molecule has 4 aromatic rings. The number of likely N-dealkylation sites (N-methyl/N-ethyl adjacent to an activating group) is 1. The van der Waals surface area contributed by atoms with Crippen LogP contribution in [0.5, 0.6) is 5.75 Å². The minimum absolute atomic E-state index is 0.0706. The Morgan fingerprint density at radius 2 is 1.93 bits per heavy atom. The summed E-state index contributed by atoms with van der Waals surface area (Å²) in [7, 11) is 4.22. The van der Waals surface area contributed by atoms with Crippen molar-refractivity contribution in [2.75, 3.05) is 38.7 Å². The van der Waals surface area contributed by atoms with Crippen LogP contribution in [0, 0.1) is 5.92 Å². The summed E-state index contributed by atoms with van der Waals surface area (Å²) in [5.41, 5.74) is 6.55. The van der Waals surface area contributed by atoms with Crippen molar-refractivity contribution in [3.05, 3.63) is 88.6 Å². The summed E-state index contributed by atoms with van der Waals surface area (Å²) in [5.74, 6) is 1.51. The molecule has 240 valence electrons. The van der Waals surface area contributed by atoms with Crippen molar-refractivity contribution in [2.24, 2.45) is 13.0 Å². The Hall–Kier alpha value is -4.21. The fraction of sp³-hybridized carbons (Fsp3) is 0.432. The summed E-state index contributed by atoms with van der Waals surface area (Å²) in [5, 5.41) is 4.16. The van der Waals surface area contributed by atoms with E-state index in [0.717, 1.165) is 86.0 Å². The monoisotopic (exact) mass is 620 g/mol. The van der Waals surface area contributed by atoms with E-state index < -0.39 is 0 Å². The van der Waals surface area contributed by atoms with Crippen LogP contribution in [-0.2, 0) is 18.3 Å². The van der Waals surface area contributed by atoms with Crippen LogP contribution < -0.4 is 15.6 Å². The number of hydrogen-bond donors (Lipinski definition) is 1. The van der Waals surface area contributed by atoms with E-state index in [4.69, 9.17) is 14.5 Å². The number of hydrogen-bond acceptors (Lipinski definition) is 7. The average molecular weight is 621 g/mol. The smallest absolute Gasteiger partial charge is 0.260 e. The van der Waals surface area contributed by atoms with E-state index in [2.05, 4.69) is 58.8 Å². The molecular weight excluding hydrogens is 576 g/mol. The van der Waals surface area contributed by atoms with Gasteiger partial charge < -0.3 is 24.3 Å². The number of benzene rings is 1. The van der Waals surface area contributed by atoms with Crippen LogP contribution in [0.4, 0.5) is 11.6 Å². The van der Waals surface area contributed by atoms with Crippen molar-refractivity contribution in [3.63, 3.8) is 0 Å². The maximum atomic E-state index is 14.4. The second-order valence-electron chi connectivity index (χ2n) is 13.0. The van der Waals surface area contributed by atoms with Gasteiger partial charge in [0.25, 0.3) is 5.56 Å². The van der Waals surface area contributed by atoms with Crippen molar-refractivity contribution in [3.8, 4) is 5.75 Å². The maximum absolute atomic E-state index is 14.4. The Morgan fingerprint density at radius 3 is 2.70 bits per heavy atom. The molecule has 0 amide bonds. The van der Waals surface area contributed by atoms with E-state index in [0.29, 0.717) is 36.9 Å². The quantitative estimate of drug-likeness (QED) is 0.232. The predicted molar refractivity (Wildman–Crippen MR) is 184 cm³/mol. The van der Waals surface area contributed by atoms with Gasteiger partial charge in [-0.3, -0.25) is 9.36 Å². The van der Waals surface area contributed by atoms with Crippen molar-refractivity contribution in [2.45, 2.75) is 57.6 Å². The van der Waals surface area contributed by atoms with E-state index in [1.165, 1.54) is 11.3 Å². The molecule has 2 aliphatic heterocycles. The van der Waals surface area contributed by atoms with Gasteiger partial charge in [0.15, 0.2) is 0 Å². The van der Waals surface area contributed by atoms with Gasteiger partial charge in [0, 0.05) is 61.5 Å². The highest BCUT2D eigenvalue weighted by atomic mass is 16.5. The van der Waals surface area contributed by atoms with Gasteiger partial charge in [-0.15, -0.1) is 0 Å². The molecule has 0 radical (unpaired) electrons. The van der Waals surface area contributed by atoms with Crippen molar-refractivity contribution in [1.29, 1.82) is 0 Å². The number of likely N-dealkylation sites (tertiary alicyclic amines) is 1. The normalized spacial score (nSPS) is 19.3. The zero-order valence-corrected chi connectivity index (χ0v) is 27.0. The second kappa shape index (κ2) is 13.3. The number of aryl methyl sites for hydroxylation is 1. The minimum atomic E-state index is -0.0706. The number of ether oxygens (including phenoxy) is 2. The highest BCUT2D eigenvalue weighted by Gasteiger charge is 2.24. The SMILES string of the molecule is C=C(c1cc2cnc(Nc3ccc(OC4CCCN(C)C4)cc3)nc2n(Cc2ccn(C)c2C2=CCCC2)c1=O)C1CCOCC1. The van der Waals surface area contributed by atoms with E-state index >= 15 is 0 Å². The van der Waals surface area contributed by atoms with E-state index in [1.807, 2.05) is 41.1 Å². The third kappa shape index (κ3) is 6.39. The molecule has 1 aliphatic carbocycles. The van der Waals surface area contributed by atoms with Gasteiger partial charge in [-0.05, 0) is 118 Å². The largest absolute Gasteiger partial charge is 0.489 e. The van der Waals surface area contributed by atoms with Gasteiger partial charge in [-0.2, -0.15) is 4.98 Å². The van der Waals surface area contributed by atoms with Crippen LogP contribution in [0.2, 0.25) is 0 Å². The van der Waals surface area contributed by atoms with Crippen LogP contribution >= 0.6 is 0 Å². The molecule has 0 bridgehead atoms. The van der Waals surface area contributed by atoms with Gasteiger partial charge in [-0.25, -0.2) is 4.98 Å². The Bertz CT molecular complexity index is 1820. The summed E-state index contributed by atoms with van der Waals surface area (Å²) in [4.78, 5) is 26.3.